The number of hydrogen-bond donors (Lipinski definition) is 1. The normalized spacial score (nSPS) is 36.0. The highest BCUT2D eigenvalue weighted by molar-refractivity contribution is 4.69. The molecular weight excluding hydrogens is 116 g/mol. The average Bonchev–Trinajstić information content (AvgIpc) is 2.14. The van der Waals surface area contributed by atoms with Crippen LogP contribution in [0.4, 0.5) is 0 Å². The van der Waals surface area contributed by atoms with Crippen LogP contribution in [0, 0.1) is 5.92 Å². The van der Waals surface area contributed by atoms with Gasteiger partial charge in [-0.1, -0.05) is 13.8 Å². The van der Waals surface area contributed by atoms with Crippen molar-refractivity contribution in [3.05, 3.63) is 0 Å². The molecule has 1 aliphatic rings. The zero-order chi connectivity index (χ0) is 6.85. The van der Waals surface area contributed by atoms with E-state index in [1.807, 2.05) is 0 Å². The monoisotopic (exact) mass is 130 g/mol. The van der Waals surface area contributed by atoms with E-state index in [0.29, 0.717) is 12.0 Å². The molecule has 1 heterocycles. The third kappa shape index (κ3) is 1.66. The van der Waals surface area contributed by atoms with Crippen molar-refractivity contribution in [1.82, 2.24) is 0 Å². The second-order valence-corrected chi connectivity index (χ2v) is 2.95. The highest BCUT2D eigenvalue weighted by atomic mass is 16.6. The summed E-state index contributed by atoms with van der Waals surface area (Å²) in [6.07, 6.45) is 1.62. The maximum absolute atomic E-state index is 8.93. The quantitative estimate of drug-likeness (QED) is 0.576. The zero-order valence-corrected chi connectivity index (χ0v) is 6.00. The molecule has 0 spiro atoms. The molecule has 54 valence electrons. The van der Waals surface area contributed by atoms with Crippen LogP contribution in [0.3, 0.4) is 0 Å². The second-order valence-electron chi connectivity index (χ2n) is 2.95. The zero-order valence-electron chi connectivity index (χ0n) is 6.00. The van der Waals surface area contributed by atoms with Gasteiger partial charge >= 0.3 is 0 Å². The Morgan fingerprint density at radius 1 is 1.44 bits per heavy atom. The van der Waals surface area contributed by atoms with Crippen LogP contribution in [0.2, 0.25) is 0 Å². The van der Waals surface area contributed by atoms with Gasteiger partial charge in [-0.25, -0.2) is 0 Å². The first-order valence-electron chi connectivity index (χ1n) is 3.53. The van der Waals surface area contributed by atoms with Crippen molar-refractivity contribution in [1.29, 1.82) is 0 Å². The standard InChI is InChI=1S/C7H14O2/c1-5(2)6-3-4-7(8)9-6/h5-8H,3-4H2,1-2H3. The maximum Gasteiger partial charge on any atom is 0.155 e. The summed E-state index contributed by atoms with van der Waals surface area (Å²) in [7, 11) is 0. The average molecular weight is 130 g/mol. The van der Waals surface area contributed by atoms with E-state index >= 15 is 0 Å². The lowest BCUT2D eigenvalue weighted by Crippen LogP contribution is -2.15. The maximum atomic E-state index is 8.93. The molecule has 0 bridgehead atoms. The molecule has 0 aromatic heterocycles. The minimum atomic E-state index is -0.489. The molecule has 2 unspecified atom stereocenters. The summed E-state index contributed by atoms with van der Waals surface area (Å²) >= 11 is 0. The molecule has 0 amide bonds. The first-order valence-corrected chi connectivity index (χ1v) is 3.53. The van der Waals surface area contributed by atoms with Gasteiger partial charge in [-0.15, -0.1) is 0 Å². The molecule has 9 heavy (non-hydrogen) atoms. The lowest BCUT2D eigenvalue weighted by Gasteiger charge is -2.13. The molecule has 0 aromatic rings. The van der Waals surface area contributed by atoms with Crippen molar-refractivity contribution < 1.29 is 9.84 Å². The van der Waals surface area contributed by atoms with Crippen molar-refractivity contribution in [2.24, 2.45) is 5.92 Å². The molecule has 2 heteroatoms. The molecule has 0 radical (unpaired) electrons. The largest absolute Gasteiger partial charge is 0.368 e. The Kier molecular flexibility index (Phi) is 2.09. The molecule has 1 N–H and O–H groups in total. The Balaban J connectivity index is 2.30. The van der Waals surface area contributed by atoms with Gasteiger partial charge in [-0.3, -0.25) is 0 Å². The Labute approximate surface area is 55.8 Å². The van der Waals surface area contributed by atoms with Crippen LogP contribution < -0.4 is 0 Å². The summed E-state index contributed by atoms with van der Waals surface area (Å²) in [6.45, 7) is 4.23. The minimum Gasteiger partial charge on any atom is -0.368 e. The van der Waals surface area contributed by atoms with Crippen molar-refractivity contribution in [2.75, 3.05) is 0 Å². The molecule has 2 atom stereocenters. The molecule has 1 saturated heterocycles. The van der Waals surface area contributed by atoms with E-state index in [9.17, 15) is 0 Å². The van der Waals surface area contributed by atoms with Gasteiger partial charge in [0.15, 0.2) is 6.29 Å². The molecule has 1 fully saturated rings. The van der Waals surface area contributed by atoms with Crippen molar-refractivity contribution >= 4 is 0 Å². The Hall–Kier alpha value is -0.0800. The Morgan fingerprint density at radius 2 is 2.11 bits per heavy atom. The Morgan fingerprint density at radius 3 is 2.33 bits per heavy atom. The molecule has 0 saturated carbocycles. The highest BCUT2D eigenvalue weighted by Crippen LogP contribution is 2.23. The fraction of sp³-hybridized carbons (Fsp3) is 1.00. The number of ether oxygens (including phenoxy) is 1. The van der Waals surface area contributed by atoms with E-state index in [0.717, 1.165) is 12.8 Å². The van der Waals surface area contributed by atoms with Crippen LogP contribution in [0.1, 0.15) is 26.7 Å². The summed E-state index contributed by atoms with van der Waals surface area (Å²) in [5.74, 6) is 0.544. The fourth-order valence-corrected chi connectivity index (χ4v) is 1.14. The van der Waals surface area contributed by atoms with Crippen molar-refractivity contribution in [3.63, 3.8) is 0 Å². The Bertz CT molecular complexity index is 90.9. The van der Waals surface area contributed by atoms with E-state index in [1.54, 1.807) is 0 Å². The summed E-state index contributed by atoms with van der Waals surface area (Å²) < 4.78 is 5.18. The third-order valence-corrected chi connectivity index (χ3v) is 1.77. The van der Waals surface area contributed by atoms with Gasteiger partial charge in [0, 0.05) is 6.42 Å². The molecule has 0 aromatic carbocycles. The number of aliphatic hydroxyl groups is 1. The highest BCUT2D eigenvalue weighted by Gasteiger charge is 2.25. The summed E-state index contributed by atoms with van der Waals surface area (Å²) in [6, 6.07) is 0. The summed E-state index contributed by atoms with van der Waals surface area (Å²) in [5, 5.41) is 8.93. The number of aliphatic hydroxyl groups excluding tert-OH is 1. The lowest BCUT2D eigenvalue weighted by molar-refractivity contribution is -0.101. The molecule has 0 aliphatic carbocycles. The predicted octanol–water partition coefficient (Wildman–Crippen LogP) is 1.14. The molecular formula is C7H14O2. The van der Waals surface area contributed by atoms with Crippen LogP contribution in [-0.2, 0) is 4.74 Å². The van der Waals surface area contributed by atoms with Crippen LogP contribution >= 0.6 is 0 Å². The van der Waals surface area contributed by atoms with Crippen molar-refractivity contribution in [3.8, 4) is 0 Å². The van der Waals surface area contributed by atoms with Gasteiger partial charge < -0.3 is 9.84 Å². The molecule has 2 nitrogen and oxygen atoms in total. The molecule has 1 aliphatic heterocycles. The first-order chi connectivity index (χ1) is 4.20. The summed E-state index contributed by atoms with van der Waals surface area (Å²) in [4.78, 5) is 0. The predicted molar refractivity (Wildman–Crippen MR) is 35.0 cm³/mol. The van der Waals surface area contributed by atoms with E-state index < -0.39 is 6.29 Å². The van der Waals surface area contributed by atoms with Crippen LogP contribution in [-0.4, -0.2) is 17.5 Å². The fourth-order valence-electron chi connectivity index (χ4n) is 1.14. The van der Waals surface area contributed by atoms with Gasteiger partial charge in [0.05, 0.1) is 6.10 Å². The van der Waals surface area contributed by atoms with Crippen molar-refractivity contribution in [2.45, 2.75) is 39.1 Å². The van der Waals surface area contributed by atoms with E-state index in [1.165, 1.54) is 0 Å². The topological polar surface area (TPSA) is 29.5 Å². The number of hydrogen-bond acceptors (Lipinski definition) is 2. The smallest absolute Gasteiger partial charge is 0.155 e. The van der Waals surface area contributed by atoms with Gasteiger partial charge in [-0.2, -0.15) is 0 Å². The van der Waals surface area contributed by atoms with Gasteiger partial charge in [0.25, 0.3) is 0 Å². The van der Waals surface area contributed by atoms with Gasteiger partial charge in [0.2, 0.25) is 0 Å². The summed E-state index contributed by atoms with van der Waals surface area (Å²) in [5.41, 5.74) is 0. The van der Waals surface area contributed by atoms with Crippen LogP contribution in [0.25, 0.3) is 0 Å². The second kappa shape index (κ2) is 2.67. The minimum absolute atomic E-state index is 0.292. The third-order valence-electron chi connectivity index (χ3n) is 1.77. The number of rotatable bonds is 1. The van der Waals surface area contributed by atoms with Crippen LogP contribution in [0.15, 0.2) is 0 Å². The van der Waals surface area contributed by atoms with E-state index in [-0.39, 0.29) is 0 Å². The molecule has 1 rings (SSSR count). The lowest BCUT2D eigenvalue weighted by atomic mass is 10.1. The van der Waals surface area contributed by atoms with Crippen LogP contribution in [0.5, 0.6) is 0 Å². The SMILES string of the molecule is CC(C)C1CCC(O)O1. The van der Waals surface area contributed by atoms with E-state index in [2.05, 4.69) is 13.8 Å². The van der Waals surface area contributed by atoms with Gasteiger partial charge in [0.1, 0.15) is 0 Å². The van der Waals surface area contributed by atoms with Gasteiger partial charge in [-0.05, 0) is 12.3 Å². The first kappa shape index (κ1) is 7.03. The van der Waals surface area contributed by atoms with E-state index in [4.69, 9.17) is 9.84 Å².